The van der Waals surface area contributed by atoms with Crippen LogP contribution in [0.1, 0.15) is 11.5 Å². The molecule has 1 aromatic carbocycles. The number of hydrogen-bond acceptors (Lipinski definition) is 3. The maximum Gasteiger partial charge on any atom is 0.128 e. The standard InChI is InChI=1S/C13H15FN2OS/c1-8-13(16-12(15-8)5-6-18)10-7-9(14)3-4-11(10)17-2/h3-4,7,18H,5-6H2,1-2H3,(H,15,16). The van der Waals surface area contributed by atoms with E-state index in [1.165, 1.54) is 12.1 Å². The summed E-state index contributed by atoms with van der Waals surface area (Å²) in [6, 6.07) is 4.42. The molecule has 1 aromatic heterocycles. The summed E-state index contributed by atoms with van der Waals surface area (Å²) >= 11 is 4.17. The molecule has 0 saturated carbocycles. The highest BCUT2D eigenvalue weighted by atomic mass is 32.1. The number of benzene rings is 1. The fourth-order valence-electron chi connectivity index (χ4n) is 1.87. The van der Waals surface area contributed by atoms with Gasteiger partial charge in [-0.05, 0) is 30.9 Å². The van der Waals surface area contributed by atoms with Gasteiger partial charge in [0.15, 0.2) is 0 Å². The van der Waals surface area contributed by atoms with Gasteiger partial charge in [0.2, 0.25) is 0 Å². The lowest BCUT2D eigenvalue weighted by molar-refractivity contribution is 0.415. The molecule has 0 atom stereocenters. The minimum Gasteiger partial charge on any atom is -0.496 e. The van der Waals surface area contributed by atoms with Crippen molar-refractivity contribution in [2.24, 2.45) is 0 Å². The van der Waals surface area contributed by atoms with E-state index in [1.807, 2.05) is 6.92 Å². The number of nitrogens with one attached hydrogen (secondary N) is 1. The van der Waals surface area contributed by atoms with Crippen LogP contribution in [-0.2, 0) is 6.42 Å². The van der Waals surface area contributed by atoms with Crippen molar-refractivity contribution in [3.05, 3.63) is 35.5 Å². The minimum atomic E-state index is -0.302. The Morgan fingerprint density at radius 2 is 2.22 bits per heavy atom. The molecule has 0 radical (unpaired) electrons. The first-order valence-electron chi connectivity index (χ1n) is 5.66. The smallest absolute Gasteiger partial charge is 0.128 e. The van der Waals surface area contributed by atoms with Crippen molar-refractivity contribution in [1.82, 2.24) is 9.97 Å². The van der Waals surface area contributed by atoms with E-state index >= 15 is 0 Å². The van der Waals surface area contributed by atoms with Gasteiger partial charge < -0.3 is 9.72 Å². The number of halogens is 1. The van der Waals surface area contributed by atoms with Gasteiger partial charge in [0.1, 0.15) is 17.4 Å². The maximum atomic E-state index is 13.3. The predicted octanol–water partition coefficient (Wildman–Crippen LogP) is 3.01. The molecule has 0 spiro atoms. The molecule has 2 rings (SSSR count). The van der Waals surface area contributed by atoms with Gasteiger partial charge in [-0.25, -0.2) is 9.37 Å². The molecular weight excluding hydrogens is 251 g/mol. The van der Waals surface area contributed by atoms with Crippen LogP contribution < -0.4 is 4.74 Å². The average Bonchev–Trinajstić information content (AvgIpc) is 2.70. The Bertz CT molecular complexity index is 554. The molecule has 0 aliphatic carbocycles. The zero-order valence-corrected chi connectivity index (χ0v) is 11.2. The summed E-state index contributed by atoms with van der Waals surface area (Å²) < 4.78 is 18.6. The van der Waals surface area contributed by atoms with E-state index in [4.69, 9.17) is 4.74 Å². The van der Waals surface area contributed by atoms with Crippen LogP contribution in [0.5, 0.6) is 5.75 Å². The number of imidazole rings is 1. The van der Waals surface area contributed by atoms with Gasteiger partial charge in [0.05, 0.1) is 12.8 Å². The molecule has 3 nitrogen and oxygen atoms in total. The fraction of sp³-hybridized carbons (Fsp3) is 0.308. The van der Waals surface area contributed by atoms with E-state index in [2.05, 4.69) is 22.6 Å². The van der Waals surface area contributed by atoms with Crippen LogP contribution in [0.3, 0.4) is 0 Å². The summed E-state index contributed by atoms with van der Waals surface area (Å²) in [5.41, 5.74) is 2.29. The second-order valence-electron chi connectivity index (χ2n) is 3.98. The zero-order chi connectivity index (χ0) is 13.1. The molecule has 1 heterocycles. The Kier molecular flexibility index (Phi) is 3.91. The molecule has 0 aliphatic heterocycles. The molecule has 0 saturated heterocycles. The SMILES string of the molecule is COc1ccc(F)cc1-c1nc(CCS)[nH]c1C. The summed E-state index contributed by atoms with van der Waals surface area (Å²) in [6.07, 6.45) is 0.752. The molecular formula is C13H15FN2OS. The van der Waals surface area contributed by atoms with Gasteiger partial charge in [-0.3, -0.25) is 0 Å². The molecule has 2 aromatic rings. The molecule has 0 amide bonds. The Labute approximate surface area is 111 Å². The summed E-state index contributed by atoms with van der Waals surface area (Å²) in [5.74, 6) is 1.88. The molecule has 1 N–H and O–H groups in total. The third-order valence-electron chi connectivity index (χ3n) is 2.70. The maximum absolute atomic E-state index is 13.3. The second-order valence-corrected chi connectivity index (χ2v) is 4.42. The Morgan fingerprint density at radius 1 is 1.44 bits per heavy atom. The molecule has 0 unspecified atom stereocenters. The van der Waals surface area contributed by atoms with Crippen molar-refractivity contribution < 1.29 is 9.13 Å². The predicted molar refractivity (Wildman–Crippen MR) is 72.8 cm³/mol. The summed E-state index contributed by atoms with van der Waals surface area (Å²) in [7, 11) is 1.56. The number of rotatable bonds is 4. The quantitative estimate of drug-likeness (QED) is 0.835. The number of nitrogens with zero attached hydrogens (tertiary/aromatic N) is 1. The van der Waals surface area contributed by atoms with Crippen molar-refractivity contribution in [3.63, 3.8) is 0 Å². The van der Waals surface area contributed by atoms with Crippen molar-refractivity contribution in [3.8, 4) is 17.0 Å². The number of H-pyrrole nitrogens is 1. The monoisotopic (exact) mass is 266 g/mol. The highest BCUT2D eigenvalue weighted by Crippen LogP contribution is 2.31. The third kappa shape index (κ3) is 2.51. The number of aryl methyl sites for hydroxylation is 2. The highest BCUT2D eigenvalue weighted by Gasteiger charge is 2.14. The Hall–Kier alpha value is -1.49. The molecule has 18 heavy (non-hydrogen) atoms. The molecule has 0 fully saturated rings. The summed E-state index contributed by atoms with van der Waals surface area (Å²) in [6.45, 7) is 1.91. The van der Waals surface area contributed by atoms with Crippen LogP contribution in [0, 0.1) is 12.7 Å². The number of thiol groups is 1. The number of ether oxygens (including phenoxy) is 1. The first kappa shape index (κ1) is 13.0. The van der Waals surface area contributed by atoms with Gasteiger partial charge in [-0.15, -0.1) is 0 Å². The lowest BCUT2D eigenvalue weighted by atomic mass is 10.1. The summed E-state index contributed by atoms with van der Waals surface area (Å²) in [5, 5.41) is 0. The largest absolute Gasteiger partial charge is 0.496 e. The first-order chi connectivity index (χ1) is 8.65. The van der Waals surface area contributed by atoms with E-state index < -0.39 is 0 Å². The first-order valence-corrected chi connectivity index (χ1v) is 6.29. The van der Waals surface area contributed by atoms with Gasteiger partial charge in [-0.2, -0.15) is 12.6 Å². The van der Waals surface area contributed by atoms with Crippen molar-refractivity contribution in [2.75, 3.05) is 12.9 Å². The lowest BCUT2D eigenvalue weighted by Crippen LogP contribution is -1.91. The van der Waals surface area contributed by atoms with Gasteiger partial charge in [-0.1, -0.05) is 0 Å². The molecule has 0 bridgehead atoms. The minimum absolute atomic E-state index is 0.302. The van der Waals surface area contributed by atoms with E-state index in [0.717, 1.165) is 23.6 Å². The van der Waals surface area contributed by atoms with Crippen molar-refractivity contribution in [1.29, 1.82) is 0 Å². The third-order valence-corrected chi connectivity index (χ3v) is 2.92. The van der Waals surface area contributed by atoms with Gasteiger partial charge in [0.25, 0.3) is 0 Å². The van der Waals surface area contributed by atoms with Crippen LogP contribution >= 0.6 is 12.6 Å². The van der Waals surface area contributed by atoms with Crippen LogP contribution in [0.15, 0.2) is 18.2 Å². The number of aromatic amines is 1. The fourth-order valence-corrected chi connectivity index (χ4v) is 2.09. The van der Waals surface area contributed by atoms with Gasteiger partial charge >= 0.3 is 0 Å². The number of aromatic nitrogens is 2. The Morgan fingerprint density at radius 3 is 2.89 bits per heavy atom. The second kappa shape index (κ2) is 5.44. The highest BCUT2D eigenvalue weighted by molar-refractivity contribution is 7.80. The average molecular weight is 266 g/mol. The number of hydrogen-bond donors (Lipinski definition) is 2. The molecule has 5 heteroatoms. The van der Waals surface area contributed by atoms with Gasteiger partial charge in [0, 0.05) is 17.7 Å². The van der Waals surface area contributed by atoms with Crippen LogP contribution in [0.2, 0.25) is 0 Å². The molecule has 0 aliphatic rings. The van der Waals surface area contributed by atoms with E-state index in [9.17, 15) is 4.39 Å². The zero-order valence-electron chi connectivity index (χ0n) is 10.3. The van der Waals surface area contributed by atoms with Crippen LogP contribution in [0.4, 0.5) is 4.39 Å². The number of methoxy groups -OCH3 is 1. The van der Waals surface area contributed by atoms with E-state index in [0.29, 0.717) is 17.1 Å². The van der Waals surface area contributed by atoms with Crippen molar-refractivity contribution >= 4 is 12.6 Å². The lowest BCUT2D eigenvalue weighted by Gasteiger charge is -2.06. The van der Waals surface area contributed by atoms with Crippen LogP contribution in [0.25, 0.3) is 11.3 Å². The van der Waals surface area contributed by atoms with Crippen molar-refractivity contribution in [2.45, 2.75) is 13.3 Å². The van der Waals surface area contributed by atoms with E-state index in [1.54, 1.807) is 13.2 Å². The topological polar surface area (TPSA) is 37.9 Å². The van der Waals surface area contributed by atoms with Crippen LogP contribution in [-0.4, -0.2) is 22.8 Å². The normalized spacial score (nSPS) is 10.7. The van der Waals surface area contributed by atoms with E-state index in [-0.39, 0.29) is 5.82 Å². The Balaban J connectivity index is 2.50. The summed E-state index contributed by atoms with van der Waals surface area (Å²) in [4.78, 5) is 7.65. The molecule has 96 valence electrons.